The first-order valence-corrected chi connectivity index (χ1v) is 17.9. The molecule has 5 N–H and O–H groups in total. The van der Waals surface area contributed by atoms with Crippen LogP contribution in [-0.2, 0) is 35.5 Å². The van der Waals surface area contributed by atoms with Crippen LogP contribution in [0, 0.1) is 31.1 Å². The van der Waals surface area contributed by atoms with Crippen molar-refractivity contribution in [1.29, 1.82) is 5.41 Å². The SMILES string of the molecule is CCOC(=O)C(C(C)=O)C(C)C.Cc1nc(-c2cncn2C)[nH]c(=O)c1C(C)C.Cc1nc(-c2cncn2C)[nH]c(=O)c1C(C)C.Cn1cncc1C(=N)N. The summed E-state index contributed by atoms with van der Waals surface area (Å²) in [7, 11) is 5.53. The number of carbonyl (C=O) groups excluding carboxylic acids is 2. The molecule has 5 heterocycles. The Kier molecular flexibility index (Phi) is 16.8. The van der Waals surface area contributed by atoms with Gasteiger partial charge in [0.15, 0.2) is 11.6 Å². The lowest BCUT2D eigenvalue weighted by Crippen LogP contribution is -2.28. The van der Waals surface area contributed by atoms with Crippen LogP contribution in [0.2, 0.25) is 0 Å². The lowest BCUT2D eigenvalue weighted by Gasteiger charge is -2.15. The van der Waals surface area contributed by atoms with Gasteiger partial charge in [-0.2, -0.15) is 0 Å². The van der Waals surface area contributed by atoms with Crippen molar-refractivity contribution in [3.8, 4) is 23.0 Å². The molecular weight excluding hydrogens is 704 g/mol. The number of nitrogens with one attached hydrogen (secondary N) is 3. The smallest absolute Gasteiger partial charge is 0.316 e. The Morgan fingerprint density at radius 1 is 0.764 bits per heavy atom. The predicted octanol–water partition coefficient (Wildman–Crippen LogP) is 4.32. The second-order valence-corrected chi connectivity index (χ2v) is 13.8. The highest BCUT2D eigenvalue weighted by Gasteiger charge is 2.27. The Morgan fingerprint density at radius 2 is 1.16 bits per heavy atom. The minimum atomic E-state index is -0.593. The number of aryl methyl sites for hydroxylation is 5. The number of imidazole rings is 3. The lowest BCUT2D eigenvalue weighted by atomic mass is 9.92. The van der Waals surface area contributed by atoms with Crippen molar-refractivity contribution in [2.45, 2.75) is 81.1 Å². The van der Waals surface area contributed by atoms with Crippen molar-refractivity contribution in [1.82, 2.24) is 48.6 Å². The molecule has 1 atom stereocenters. The van der Waals surface area contributed by atoms with E-state index in [0.717, 1.165) is 33.9 Å². The van der Waals surface area contributed by atoms with Gasteiger partial charge >= 0.3 is 5.97 Å². The maximum Gasteiger partial charge on any atom is 0.316 e. The van der Waals surface area contributed by atoms with Crippen molar-refractivity contribution < 1.29 is 14.3 Å². The monoisotopic (exact) mass is 760 g/mol. The highest BCUT2D eigenvalue weighted by Crippen LogP contribution is 2.18. The molecule has 5 aromatic rings. The van der Waals surface area contributed by atoms with E-state index in [1.807, 2.05) is 78.6 Å². The van der Waals surface area contributed by atoms with Crippen molar-refractivity contribution in [3.05, 3.63) is 86.5 Å². The van der Waals surface area contributed by atoms with Crippen molar-refractivity contribution in [2.24, 2.45) is 38.7 Å². The van der Waals surface area contributed by atoms with E-state index in [1.54, 1.807) is 56.1 Å². The number of aromatic nitrogens is 10. The molecule has 0 aliphatic rings. The fraction of sp³-hybridized carbons (Fsp3) is 0.474. The van der Waals surface area contributed by atoms with Crippen LogP contribution in [-0.4, -0.2) is 72.8 Å². The van der Waals surface area contributed by atoms with E-state index in [2.05, 4.69) is 34.9 Å². The van der Waals surface area contributed by atoms with E-state index in [0.29, 0.717) is 23.9 Å². The number of nitrogens with two attached hydrogens (primary N) is 1. The second-order valence-electron chi connectivity index (χ2n) is 13.8. The Hall–Kier alpha value is -6.00. The quantitative estimate of drug-likeness (QED) is 0.0714. The van der Waals surface area contributed by atoms with Crippen LogP contribution in [0.3, 0.4) is 0 Å². The van der Waals surface area contributed by atoms with Gasteiger partial charge in [0.05, 0.1) is 44.2 Å². The number of H-pyrrole nitrogens is 2. The van der Waals surface area contributed by atoms with Gasteiger partial charge in [-0.1, -0.05) is 41.5 Å². The summed E-state index contributed by atoms with van der Waals surface area (Å²) in [5, 5.41) is 7.01. The first-order valence-electron chi connectivity index (χ1n) is 17.9. The van der Waals surface area contributed by atoms with Gasteiger partial charge in [0.2, 0.25) is 0 Å². The summed E-state index contributed by atoms with van der Waals surface area (Å²) in [5.74, 6) is 0.428. The van der Waals surface area contributed by atoms with E-state index in [-0.39, 0.29) is 40.5 Å². The third kappa shape index (κ3) is 12.3. The molecule has 55 heavy (non-hydrogen) atoms. The number of rotatable bonds is 9. The first kappa shape index (κ1) is 45.2. The Balaban J connectivity index is 0.000000261. The minimum Gasteiger partial charge on any atom is -0.465 e. The number of hydrogen-bond acceptors (Lipinski definition) is 11. The molecule has 0 aliphatic carbocycles. The molecule has 0 fully saturated rings. The number of nitrogens with zero attached hydrogens (tertiary/aromatic N) is 8. The summed E-state index contributed by atoms with van der Waals surface area (Å²) in [6, 6.07) is 0. The molecule has 0 aromatic carbocycles. The number of esters is 1. The number of carbonyl (C=O) groups is 2. The van der Waals surface area contributed by atoms with Gasteiger partial charge in [0, 0.05) is 43.7 Å². The first-order chi connectivity index (χ1) is 25.7. The van der Waals surface area contributed by atoms with E-state index >= 15 is 0 Å². The Bertz CT molecular complexity index is 2060. The molecule has 0 aliphatic heterocycles. The third-order valence-corrected chi connectivity index (χ3v) is 8.30. The number of ketones is 1. The average Bonchev–Trinajstić information content (AvgIpc) is 3.81. The van der Waals surface area contributed by atoms with E-state index < -0.39 is 11.9 Å². The highest BCUT2D eigenvalue weighted by molar-refractivity contribution is 5.98. The van der Waals surface area contributed by atoms with Crippen molar-refractivity contribution in [2.75, 3.05) is 6.61 Å². The molecule has 298 valence electrons. The zero-order valence-corrected chi connectivity index (χ0v) is 34.2. The van der Waals surface area contributed by atoms with Crippen LogP contribution in [0.5, 0.6) is 0 Å². The molecule has 5 rings (SSSR count). The van der Waals surface area contributed by atoms with Crippen molar-refractivity contribution >= 4 is 17.6 Å². The summed E-state index contributed by atoms with van der Waals surface area (Å²) in [6.45, 7) is 18.8. The van der Waals surface area contributed by atoms with Crippen LogP contribution in [0.1, 0.15) is 95.4 Å². The molecule has 17 nitrogen and oxygen atoms in total. The second kappa shape index (κ2) is 20.5. The Morgan fingerprint density at radius 3 is 1.40 bits per heavy atom. The molecular formula is C38H56N12O5. The van der Waals surface area contributed by atoms with Crippen LogP contribution >= 0.6 is 0 Å². The number of hydrogen-bond donors (Lipinski definition) is 4. The molecule has 0 saturated carbocycles. The molecule has 17 heteroatoms. The molecule has 5 aromatic heterocycles. The summed E-state index contributed by atoms with van der Waals surface area (Å²) in [5.41, 5.74) is 10.4. The summed E-state index contributed by atoms with van der Waals surface area (Å²) >= 11 is 0. The number of aromatic amines is 2. The van der Waals surface area contributed by atoms with Gasteiger partial charge in [-0.3, -0.25) is 24.6 Å². The molecule has 0 amide bonds. The van der Waals surface area contributed by atoms with Gasteiger partial charge in [0.25, 0.3) is 11.1 Å². The number of nitrogen functional groups attached to an aromatic ring is 1. The summed E-state index contributed by atoms with van der Waals surface area (Å²) in [6.07, 6.45) is 9.90. The van der Waals surface area contributed by atoms with Crippen LogP contribution in [0.25, 0.3) is 23.0 Å². The van der Waals surface area contributed by atoms with Crippen LogP contribution < -0.4 is 16.9 Å². The number of ether oxygens (including phenoxy) is 1. The topological polar surface area (TPSA) is 238 Å². The van der Waals surface area contributed by atoms with Gasteiger partial charge < -0.3 is 34.1 Å². The lowest BCUT2D eigenvalue weighted by molar-refractivity contribution is -0.152. The molecule has 0 bridgehead atoms. The summed E-state index contributed by atoms with van der Waals surface area (Å²) < 4.78 is 10.1. The molecule has 1 unspecified atom stereocenters. The van der Waals surface area contributed by atoms with Gasteiger partial charge in [0.1, 0.15) is 34.6 Å². The van der Waals surface area contributed by atoms with Crippen LogP contribution in [0.4, 0.5) is 0 Å². The van der Waals surface area contributed by atoms with Gasteiger partial charge in [-0.05, 0) is 45.4 Å². The number of amidine groups is 1. The van der Waals surface area contributed by atoms with E-state index in [4.69, 9.17) is 15.9 Å². The third-order valence-electron chi connectivity index (χ3n) is 8.30. The average molecular weight is 761 g/mol. The number of Topliss-reactive ketones (excluding diaryl/α,β-unsaturated/α-hetero) is 1. The fourth-order valence-corrected chi connectivity index (χ4v) is 5.72. The minimum absolute atomic E-state index is 0.0153. The molecule has 0 saturated heterocycles. The maximum atomic E-state index is 12.0. The fourth-order valence-electron chi connectivity index (χ4n) is 5.72. The maximum absolute atomic E-state index is 12.0. The van der Waals surface area contributed by atoms with E-state index in [9.17, 15) is 19.2 Å². The zero-order valence-electron chi connectivity index (χ0n) is 34.2. The normalized spacial score (nSPS) is 11.2. The standard InChI is InChI=1S/2C12H16N4O.C9H16O3.C5H8N4/c2*1-7(2)10-8(3)14-11(15-12(10)17)9-5-13-6-16(9)4;1-5-12-9(11)8(6(2)3)7(4)10;1-9-3-8-2-4(9)5(6)7/h2*5-7H,1-4H3,(H,14,15,17);6,8H,5H2,1-4H3;2-3H,1H3,(H3,6,7). The summed E-state index contributed by atoms with van der Waals surface area (Å²) in [4.78, 5) is 72.5. The van der Waals surface area contributed by atoms with Gasteiger partial charge in [-0.15, -0.1) is 0 Å². The Labute approximate surface area is 321 Å². The van der Waals surface area contributed by atoms with Crippen molar-refractivity contribution in [3.63, 3.8) is 0 Å². The van der Waals surface area contributed by atoms with Gasteiger partial charge in [-0.25, -0.2) is 24.9 Å². The zero-order chi connectivity index (χ0) is 41.7. The van der Waals surface area contributed by atoms with Crippen LogP contribution in [0.15, 0.2) is 47.2 Å². The molecule has 0 spiro atoms. The predicted molar refractivity (Wildman–Crippen MR) is 212 cm³/mol. The molecule has 0 radical (unpaired) electrons. The largest absolute Gasteiger partial charge is 0.465 e. The van der Waals surface area contributed by atoms with E-state index in [1.165, 1.54) is 6.92 Å². The highest BCUT2D eigenvalue weighted by atomic mass is 16.5.